The maximum atomic E-state index is 10.6. The van der Waals surface area contributed by atoms with Crippen molar-refractivity contribution < 1.29 is 27.8 Å². The Morgan fingerprint density at radius 2 is 1.69 bits per heavy atom. The van der Waals surface area contributed by atoms with Gasteiger partial charge in [0, 0.05) is 5.41 Å². The second kappa shape index (κ2) is 5.01. The van der Waals surface area contributed by atoms with Crippen molar-refractivity contribution in [2.75, 3.05) is 26.3 Å². The Morgan fingerprint density at radius 3 is 1.88 bits per heavy atom. The average molecular weight is 241 g/mol. The fraction of sp³-hybridized carbons (Fsp3) is 0.889. The molecule has 2 rings (SSSR count). The summed E-state index contributed by atoms with van der Waals surface area (Å²) in [4.78, 5) is 8.90. The monoisotopic (exact) mass is 241 g/mol. The van der Waals surface area contributed by atoms with Gasteiger partial charge in [0.1, 0.15) is 0 Å². The predicted octanol–water partition coefficient (Wildman–Crippen LogP) is 1.02. The van der Waals surface area contributed by atoms with Crippen molar-refractivity contribution in [1.82, 2.24) is 5.32 Å². The molecule has 7 heteroatoms. The Kier molecular flexibility index (Phi) is 4.15. The number of carboxylic acid groups (broad SMARTS) is 1. The Labute approximate surface area is 90.8 Å². The molecule has 2 aliphatic heterocycles. The van der Waals surface area contributed by atoms with Gasteiger partial charge in [0.15, 0.2) is 0 Å². The number of piperidine rings is 1. The van der Waals surface area contributed by atoms with Crippen molar-refractivity contribution in [2.45, 2.75) is 19.0 Å². The molecule has 0 atom stereocenters. The van der Waals surface area contributed by atoms with Crippen LogP contribution in [0.15, 0.2) is 0 Å². The van der Waals surface area contributed by atoms with Gasteiger partial charge in [-0.05, 0) is 25.9 Å². The van der Waals surface area contributed by atoms with E-state index < -0.39 is 12.1 Å². The quantitative estimate of drug-likeness (QED) is 0.664. The lowest BCUT2D eigenvalue weighted by Crippen LogP contribution is -2.49. The van der Waals surface area contributed by atoms with E-state index in [-0.39, 0.29) is 0 Å². The predicted molar refractivity (Wildman–Crippen MR) is 49.0 cm³/mol. The first-order chi connectivity index (χ1) is 7.36. The first-order valence-electron chi connectivity index (χ1n) is 4.94. The number of hydrogen-bond acceptors (Lipinski definition) is 3. The van der Waals surface area contributed by atoms with Crippen molar-refractivity contribution in [3.05, 3.63) is 0 Å². The minimum absolute atomic E-state index is 0.616. The van der Waals surface area contributed by atoms with Gasteiger partial charge in [0.2, 0.25) is 0 Å². The van der Waals surface area contributed by atoms with Crippen LogP contribution in [-0.2, 0) is 9.53 Å². The van der Waals surface area contributed by atoms with Crippen molar-refractivity contribution in [1.29, 1.82) is 0 Å². The summed E-state index contributed by atoms with van der Waals surface area (Å²) < 4.78 is 36.9. The van der Waals surface area contributed by atoms with Gasteiger partial charge in [-0.1, -0.05) is 0 Å². The highest BCUT2D eigenvalue weighted by Crippen LogP contribution is 2.35. The van der Waals surface area contributed by atoms with Crippen molar-refractivity contribution in [3.63, 3.8) is 0 Å². The molecular weight excluding hydrogens is 227 g/mol. The van der Waals surface area contributed by atoms with Crippen LogP contribution in [0.2, 0.25) is 0 Å². The average Bonchev–Trinajstić information content (AvgIpc) is 2.16. The van der Waals surface area contributed by atoms with Crippen LogP contribution in [0, 0.1) is 5.41 Å². The standard InChI is InChI=1S/C7H13NO.C2HF3O2/c1-3-8-4-2-7(1)5-9-6-7;3-2(4,5)1(6)7/h8H,1-6H2;(H,6,7). The Morgan fingerprint density at radius 1 is 1.25 bits per heavy atom. The highest BCUT2D eigenvalue weighted by atomic mass is 19.4. The van der Waals surface area contributed by atoms with Crippen LogP contribution in [0.1, 0.15) is 12.8 Å². The topological polar surface area (TPSA) is 58.6 Å². The van der Waals surface area contributed by atoms with Gasteiger partial charge in [-0.25, -0.2) is 4.79 Å². The number of nitrogens with one attached hydrogen (secondary N) is 1. The SMILES string of the molecule is C1CC2(CCN1)COC2.O=C(O)C(F)(F)F. The van der Waals surface area contributed by atoms with E-state index in [0.717, 1.165) is 13.2 Å². The molecule has 0 saturated carbocycles. The van der Waals surface area contributed by atoms with E-state index in [1.165, 1.54) is 25.9 Å². The summed E-state index contributed by atoms with van der Waals surface area (Å²) in [5.74, 6) is -2.76. The van der Waals surface area contributed by atoms with Gasteiger partial charge in [-0.3, -0.25) is 0 Å². The molecule has 0 bridgehead atoms. The number of alkyl halides is 3. The van der Waals surface area contributed by atoms with Crippen LogP contribution in [0.5, 0.6) is 0 Å². The van der Waals surface area contributed by atoms with Crippen LogP contribution in [-0.4, -0.2) is 43.6 Å². The van der Waals surface area contributed by atoms with Crippen molar-refractivity contribution in [3.8, 4) is 0 Å². The molecule has 2 saturated heterocycles. The molecule has 4 nitrogen and oxygen atoms in total. The number of aliphatic carboxylic acids is 1. The van der Waals surface area contributed by atoms with Crippen LogP contribution >= 0.6 is 0 Å². The summed E-state index contributed by atoms with van der Waals surface area (Å²) in [6, 6.07) is 0. The molecule has 0 unspecified atom stereocenters. The summed E-state index contributed by atoms with van der Waals surface area (Å²) in [5.41, 5.74) is 0.616. The number of carbonyl (C=O) groups is 1. The van der Waals surface area contributed by atoms with Crippen LogP contribution in [0.4, 0.5) is 13.2 Å². The van der Waals surface area contributed by atoms with Crippen LogP contribution < -0.4 is 5.32 Å². The molecule has 1 spiro atoms. The molecule has 2 aliphatic rings. The smallest absolute Gasteiger partial charge is 0.475 e. The highest BCUT2D eigenvalue weighted by Gasteiger charge is 2.39. The van der Waals surface area contributed by atoms with Gasteiger partial charge in [-0.15, -0.1) is 0 Å². The molecule has 0 aromatic rings. The van der Waals surface area contributed by atoms with E-state index in [1.54, 1.807) is 0 Å². The zero-order valence-electron chi connectivity index (χ0n) is 8.64. The summed E-state index contributed by atoms with van der Waals surface area (Å²) in [6.45, 7) is 4.44. The number of rotatable bonds is 0. The van der Waals surface area contributed by atoms with Crippen molar-refractivity contribution in [2.24, 2.45) is 5.41 Å². The third-order valence-corrected chi connectivity index (χ3v) is 2.72. The lowest BCUT2D eigenvalue weighted by Gasteiger charge is -2.44. The first kappa shape index (κ1) is 13.2. The Bertz CT molecular complexity index is 243. The normalized spacial score (nSPS) is 22.9. The van der Waals surface area contributed by atoms with E-state index in [9.17, 15) is 13.2 Å². The summed E-state index contributed by atoms with van der Waals surface area (Å²) >= 11 is 0. The molecule has 2 fully saturated rings. The number of ether oxygens (including phenoxy) is 1. The zero-order valence-corrected chi connectivity index (χ0v) is 8.64. The molecular formula is C9H14F3NO3. The Balaban J connectivity index is 0.000000168. The third kappa shape index (κ3) is 3.64. The molecule has 0 radical (unpaired) electrons. The second-order valence-corrected chi connectivity index (χ2v) is 4.05. The first-order valence-corrected chi connectivity index (χ1v) is 4.94. The van der Waals surface area contributed by atoms with Gasteiger partial charge in [0.05, 0.1) is 13.2 Å². The molecule has 0 aliphatic carbocycles. The molecule has 0 amide bonds. The summed E-state index contributed by atoms with van der Waals surface area (Å²) in [7, 11) is 0. The minimum Gasteiger partial charge on any atom is -0.475 e. The number of halogens is 3. The number of hydrogen-bond donors (Lipinski definition) is 2. The van der Waals surface area contributed by atoms with E-state index in [1.807, 2.05) is 0 Å². The van der Waals surface area contributed by atoms with E-state index in [0.29, 0.717) is 5.41 Å². The molecule has 0 aromatic carbocycles. The largest absolute Gasteiger partial charge is 0.490 e. The lowest BCUT2D eigenvalue weighted by molar-refractivity contribution is -0.192. The van der Waals surface area contributed by atoms with Gasteiger partial charge in [-0.2, -0.15) is 13.2 Å². The van der Waals surface area contributed by atoms with Crippen molar-refractivity contribution >= 4 is 5.97 Å². The minimum atomic E-state index is -5.08. The van der Waals surface area contributed by atoms with Gasteiger partial charge in [0.25, 0.3) is 0 Å². The maximum Gasteiger partial charge on any atom is 0.490 e. The second-order valence-electron chi connectivity index (χ2n) is 4.05. The van der Waals surface area contributed by atoms with Crippen LogP contribution in [0.25, 0.3) is 0 Å². The third-order valence-electron chi connectivity index (χ3n) is 2.72. The maximum absolute atomic E-state index is 10.6. The fourth-order valence-corrected chi connectivity index (χ4v) is 1.64. The molecule has 16 heavy (non-hydrogen) atoms. The fourth-order valence-electron chi connectivity index (χ4n) is 1.64. The molecule has 94 valence electrons. The summed E-state index contributed by atoms with van der Waals surface area (Å²) in [5, 5.41) is 10.5. The molecule has 0 aromatic heterocycles. The number of carboxylic acids is 1. The Hall–Kier alpha value is -0.820. The molecule has 2 heterocycles. The zero-order chi connectivity index (χ0) is 12.2. The van der Waals surface area contributed by atoms with E-state index in [2.05, 4.69) is 5.32 Å². The molecule has 2 N–H and O–H groups in total. The van der Waals surface area contributed by atoms with Gasteiger partial charge < -0.3 is 15.2 Å². The van der Waals surface area contributed by atoms with E-state index in [4.69, 9.17) is 14.6 Å². The van der Waals surface area contributed by atoms with E-state index >= 15 is 0 Å². The highest BCUT2D eigenvalue weighted by molar-refractivity contribution is 5.73. The van der Waals surface area contributed by atoms with Gasteiger partial charge >= 0.3 is 12.1 Å². The van der Waals surface area contributed by atoms with Crippen LogP contribution in [0.3, 0.4) is 0 Å². The lowest BCUT2D eigenvalue weighted by atomic mass is 9.77. The summed E-state index contributed by atoms with van der Waals surface area (Å²) in [6.07, 6.45) is -2.43.